The Kier molecular flexibility index (Phi) is 3.46. The second-order valence-corrected chi connectivity index (χ2v) is 7.01. The van der Waals surface area contributed by atoms with Crippen LogP contribution in [0.5, 0.6) is 0 Å². The lowest BCUT2D eigenvalue weighted by Gasteiger charge is -2.11. The van der Waals surface area contributed by atoms with Gasteiger partial charge in [-0.3, -0.25) is 4.68 Å². The largest absolute Gasteiger partial charge is 0.419 e. The lowest BCUT2D eigenvalue weighted by Crippen LogP contribution is -2.10. The highest BCUT2D eigenvalue weighted by Crippen LogP contribution is 2.60. The summed E-state index contributed by atoms with van der Waals surface area (Å²) in [5, 5.41) is 4.56. The molecule has 7 heteroatoms. The molecule has 0 aliphatic heterocycles. The van der Waals surface area contributed by atoms with Crippen molar-refractivity contribution in [2.75, 3.05) is 5.73 Å². The Balaban J connectivity index is 1.77. The molecule has 0 unspecified atom stereocenters. The van der Waals surface area contributed by atoms with Gasteiger partial charge in [0.1, 0.15) is 5.82 Å². The summed E-state index contributed by atoms with van der Waals surface area (Å²) >= 11 is 0. The van der Waals surface area contributed by atoms with Crippen LogP contribution >= 0.6 is 0 Å². The van der Waals surface area contributed by atoms with Crippen molar-refractivity contribution in [2.24, 2.45) is 5.92 Å². The first-order valence-electron chi connectivity index (χ1n) is 8.40. The van der Waals surface area contributed by atoms with Gasteiger partial charge in [-0.15, -0.1) is 0 Å². The van der Waals surface area contributed by atoms with E-state index in [1.54, 1.807) is 0 Å². The summed E-state index contributed by atoms with van der Waals surface area (Å²) in [7, 11) is 0. The smallest absolute Gasteiger partial charge is 0.383 e. The standard InChI is InChI=1S/C18H19F3N4/c1-9(2)25-15(16-11-4-3-5-12(11)16)7-14(24-25)10-6-13(18(19,20)21)17(22)23-8-10/h4,6-9,12,16H,3,5H2,1-2H3,(H2,22,23)/t12-,16-/m1/s1. The average Bonchev–Trinajstić information content (AvgIpc) is 2.93. The Labute approximate surface area is 143 Å². The van der Waals surface area contributed by atoms with Crippen LogP contribution in [0, 0.1) is 5.92 Å². The van der Waals surface area contributed by atoms with Crippen molar-refractivity contribution in [2.45, 2.75) is 44.8 Å². The van der Waals surface area contributed by atoms with Crippen molar-refractivity contribution in [3.63, 3.8) is 0 Å². The first kappa shape index (κ1) is 16.2. The van der Waals surface area contributed by atoms with E-state index in [1.807, 2.05) is 24.6 Å². The average molecular weight is 348 g/mol. The Morgan fingerprint density at radius 1 is 1.28 bits per heavy atom. The number of nitrogen functional groups attached to an aromatic ring is 1. The lowest BCUT2D eigenvalue weighted by atomic mass is 10.1. The topological polar surface area (TPSA) is 56.7 Å². The van der Waals surface area contributed by atoms with E-state index in [-0.39, 0.29) is 6.04 Å². The molecule has 2 aliphatic rings. The molecule has 0 radical (unpaired) electrons. The van der Waals surface area contributed by atoms with Gasteiger partial charge in [0.25, 0.3) is 0 Å². The lowest BCUT2D eigenvalue weighted by molar-refractivity contribution is -0.137. The summed E-state index contributed by atoms with van der Waals surface area (Å²) in [4.78, 5) is 3.72. The van der Waals surface area contributed by atoms with Crippen molar-refractivity contribution < 1.29 is 13.2 Å². The number of allylic oxidation sites excluding steroid dienone is 2. The summed E-state index contributed by atoms with van der Waals surface area (Å²) in [5.41, 5.74) is 7.83. The van der Waals surface area contributed by atoms with Crippen LogP contribution in [0.25, 0.3) is 11.3 Å². The third-order valence-corrected chi connectivity index (χ3v) is 5.03. The summed E-state index contributed by atoms with van der Waals surface area (Å²) in [6.45, 7) is 4.05. The van der Waals surface area contributed by atoms with Crippen LogP contribution < -0.4 is 5.73 Å². The maximum Gasteiger partial charge on any atom is 0.419 e. The molecule has 2 aromatic heterocycles. The molecule has 2 N–H and O–H groups in total. The maximum absolute atomic E-state index is 13.1. The number of nitrogens with two attached hydrogens (primary N) is 1. The molecule has 0 spiro atoms. The summed E-state index contributed by atoms with van der Waals surface area (Å²) in [6, 6.07) is 3.07. The highest BCUT2D eigenvalue weighted by atomic mass is 19.4. The number of anilines is 1. The number of alkyl halides is 3. The molecule has 2 atom stereocenters. The molecule has 0 bridgehead atoms. The molecule has 1 fully saturated rings. The van der Waals surface area contributed by atoms with Gasteiger partial charge in [0.05, 0.1) is 11.3 Å². The van der Waals surface area contributed by atoms with E-state index >= 15 is 0 Å². The first-order chi connectivity index (χ1) is 11.8. The SMILES string of the molecule is CC(C)n1nc(-c2cnc(N)c(C(F)(F)F)c2)cc1[C@@H]1C2=CCC[C@H]21. The van der Waals surface area contributed by atoms with E-state index in [1.165, 1.54) is 11.8 Å². The molecule has 1 saturated carbocycles. The predicted molar refractivity (Wildman–Crippen MR) is 88.8 cm³/mol. The van der Waals surface area contributed by atoms with E-state index in [9.17, 15) is 13.2 Å². The van der Waals surface area contributed by atoms with Gasteiger partial charge in [0, 0.05) is 29.4 Å². The van der Waals surface area contributed by atoms with E-state index < -0.39 is 17.6 Å². The minimum atomic E-state index is -4.53. The minimum absolute atomic E-state index is 0.134. The molecule has 2 heterocycles. The number of rotatable bonds is 3. The fourth-order valence-electron chi connectivity index (χ4n) is 3.80. The summed E-state index contributed by atoms with van der Waals surface area (Å²) < 4.78 is 41.2. The van der Waals surface area contributed by atoms with E-state index in [4.69, 9.17) is 5.73 Å². The number of fused-ring (bicyclic) bond motifs is 1. The monoisotopic (exact) mass is 348 g/mol. The first-order valence-corrected chi connectivity index (χ1v) is 8.40. The van der Waals surface area contributed by atoms with Crippen LogP contribution in [-0.2, 0) is 6.18 Å². The quantitative estimate of drug-likeness (QED) is 0.827. The number of hydrogen-bond donors (Lipinski definition) is 1. The van der Waals surface area contributed by atoms with Gasteiger partial charge in [-0.2, -0.15) is 18.3 Å². The van der Waals surface area contributed by atoms with Crippen LogP contribution in [0.15, 0.2) is 30.0 Å². The number of aromatic nitrogens is 3. The fraction of sp³-hybridized carbons (Fsp3) is 0.444. The molecule has 2 aromatic rings. The Morgan fingerprint density at radius 3 is 2.64 bits per heavy atom. The van der Waals surface area contributed by atoms with Crippen LogP contribution in [0.1, 0.15) is 49.9 Å². The van der Waals surface area contributed by atoms with Gasteiger partial charge in [0.15, 0.2) is 0 Å². The maximum atomic E-state index is 13.1. The molecule has 2 aliphatic carbocycles. The van der Waals surface area contributed by atoms with E-state index in [2.05, 4.69) is 16.2 Å². The van der Waals surface area contributed by atoms with E-state index in [0.29, 0.717) is 23.1 Å². The minimum Gasteiger partial charge on any atom is -0.383 e. The van der Waals surface area contributed by atoms with Crippen LogP contribution in [0.2, 0.25) is 0 Å². The summed E-state index contributed by atoms with van der Waals surface area (Å²) in [6.07, 6.45) is 1.37. The van der Waals surface area contributed by atoms with Crippen LogP contribution in [0.3, 0.4) is 0 Å². The molecule has 0 amide bonds. The summed E-state index contributed by atoms with van der Waals surface area (Å²) in [5.74, 6) is 0.431. The van der Waals surface area contributed by atoms with Gasteiger partial charge >= 0.3 is 6.18 Å². The highest BCUT2D eigenvalue weighted by molar-refractivity contribution is 5.64. The molecule has 0 saturated heterocycles. The van der Waals surface area contributed by atoms with Crippen molar-refractivity contribution in [1.82, 2.24) is 14.8 Å². The Bertz CT molecular complexity index is 864. The van der Waals surface area contributed by atoms with Gasteiger partial charge in [-0.25, -0.2) is 4.98 Å². The number of hydrogen-bond acceptors (Lipinski definition) is 3. The Hall–Kier alpha value is -2.31. The molecule has 4 rings (SSSR count). The molecule has 0 aromatic carbocycles. The number of nitrogens with zero attached hydrogens (tertiary/aromatic N) is 3. The highest BCUT2D eigenvalue weighted by Gasteiger charge is 2.48. The van der Waals surface area contributed by atoms with Crippen molar-refractivity contribution >= 4 is 5.82 Å². The van der Waals surface area contributed by atoms with Gasteiger partial charge in [-0.05, 0) is 44.7 Å². The normalized spacial score (nSPS) is 22.2. The molecule has 4 nitrogen and oxygen atoms in total. The molecular formula is C18H19F3N4. The van der Waals surface area contributed by atoms with Gasteiger partial charge in [0.2, 0.25) is 0 Å². The van der Waals surface area contributed by atoms with Crippen molar-refractivity contribution in [1.29, 1.82) is 0 Å². The van der Waals surface area contributed by atoms with E-state index in [0.717, 1.165) is 24.6 Å². The zero-order valence-corrected chi connectivity index (χ0v) is 14.0. The molecule has 132 valence electrons. The van der Waals surface area contributed by atoms with Gasteiger partial charge < -0.3 is 5.73 Å². The predicted octanol–water partition coefficient (Wildman–Crippen LogP) is 4.56. The van der Waals surface area contributed by atoms with Crippen molar-refractivity contribution in [3.8, 4) is 11.3 Å². The number of pyridine rings is 1. The van der Waals surface area contributed by atoms with Gasteiger partial charge in [-0.1, -0.05) is 11.6 Å². The second-order valence-electron chi connectivity index (χ2n) is 7.01. The molecule has 25 heavy (non-hydrogen) atoms. The fourth-order valence-corrected chi connectivity index (χ4v) is 3.80. The van der Waals surface area contributed by atoms with Crippen LogP contribution in [0.4, 0.5) is 19.0 Å². The van der Waals surface area contributed by atoms with Crippen molar-refractivity contribution in [3.05, 3.63) is 41.2 Å². The zero-order valence-electron chi connectivity index (χ0n) is 14.0. The second kappa shape index (κ2) is 5.34. The third-order valence-electron chi connectivity index (χ3n) is 5.03. The van der Waals surface area contributed by atoms with Crippen LogP contribution in [-0.4, -0.2) is 14.8 Å². The zero-order chi connectivity index (χ0) is 17.9. The third kappa shape index (κ3) is 2.62. The Morgan fingerprint density at radius 2 is 2.04 bits per heavy atom. The molecular weight excluding hydrogens is 329 g/mol. The number of halogens is 3.